The van der Waals surface area contributed by atoms with Crippen LogP contribution in [0.3, 0.4) is 0 Å². The molecule has 0 amide bonds. The Morgan fingerprint density at radius 3 is 2.65 bits per heavy atom. The summed E-state index contributed by atoms with van der Waals surface area (Å²) in [6.45, 7) is 5.36. The summed E-state index contributed by atoms with van der Waals surface area (Å²) in [6, 6.07) is 5.52. The summed E-state index contributed by atoms with van der Waals surface area (Å²) in [5, 5.41) is 0. The molecule has 0 atom stereocenters. The average molecular weight is 231 g/mol. The molecule has 2 rings (SSSR count). The van der Waals surface area contributed by atoms with Crippen LogP contribution in [0.2, 0.25) is 0 Å². The van der Waals surface area contributed by atoms with Crippen molar-refractivity contribution in [1.29, 1.82) is 0 Å². The number of hydrogen-bond donors (Lipinski definition) is 1. The molecule has 0 aliphatic heterocycles. The van der Waals surface area contributed by atoms with Crippen LogP contribution in [0.1, 0.15) is 30.0 Å². The van der Waals surface area contributed by atoms with Gasteiger partial charge in [-0.3, -0.25) is 4.79 Å². The number of nitrogens with two attached hydrogens (primary N) is 1. The first-order valence-electron chi connectivity index (χ1n) is 5.57. The van der Waals surface area contributed by atoms with E-state index in [4.69, 9.17) is 5.73 Å². The number of aromatic nitrogens is 2. The fourth-order valence-electron chi connectivity index (χ4n) is 1.83. The molecule has 0 aliphatic carbocycles. The van der Waals surface area contributed by atoms with E-state index in [0.29, 0.717) is 5.56 Å². The molecule has 0 bridgehead atoms. The van der Waals surface area contributed by atoms with Crippen LogP contribution in [-0.2, 0) is 7.05 Å². The summed E-state index contributed by atoms with van der Waals surface area (Å²) in [6.07, 6.45) is 0. The van der Waals surface area contributed by atoms with Crippen LogP contribution in [0.25, 0.3) is 11.0 Å². The number of rotatable bonds is 2. The number of Topliss-reactive ketones (excluding diaryl/α,β-unsaturated/α-hetero) is 1. The van der Waals surface area contributed by atoms with Gasteiger partial charge in [0, 0.05) is 12.6 Å². The molecule has 4 heteroatoms. The number of nitrogens with zero attached hydrogens (tertiary/aromatic N) is 2. The Kier molecular flexibility index (Phi) is 2.54. The second-order valence-corrected chi connectivity index (χ2v) is 4.97. The smallest absolute Gasteiger partial charge is 0.182 e. The number of fused-ring (bicyclic) bond motifs is 1. The van der Waals surface area contributed by atoms with E-state index in [2.05, 4.69) is 4.98 Å². The lowest BCUT2D eigenvalue weighted by atomic mass is 9.94. The molecule has 17 heavy (non-hydrogen) atoms. The van der Waals surface area contributed by atoms with Crippen LogP contribution in [-0.4, -0.2) is 20.9 Å². The molecule has 0 spiro atoms. The fraction of sp³-hybridized carbons (Fsp3) is 0.385. The molecule has 1 heterocycles. The van der Waals surface area contributed by atoms with Crippen molar-refractivity contribution in [3.8, 4) is 0 Å². The first-order chi connectivity index (χ1) is 7.80. The number of hydrogen-bond acceptors (Lipinski definition) is 3. The molecular weight excluding hydrogens is 214 g/mol. The summed E-state index contributed by atoms with van der Waals surface area (Å²) in [4.78, 5) is 16.4. The van der Waals surface area contributed by atoms with Crippen LogP contribution < -0.4 is 5.73 Å². The molecule has 4 nitrogen and oxygen atoms in total. The van der Waals surface area contributed by atoms with E-state index < -0.39 is 5.54 Å². The van der Waals surface area contributed by atoms with Gasteiger partial charge in [0.15, 0.2) is 5.78 Å². The highest BCUT2D eigenvalue weighted by molar-refractivity contribution is 6.04. The topological polar surface area (TPSA) is 60.9 Å². The number of imidazole rings is 1. The molecule has 1 aromatic heterocycles. The van der Waals surface area contributed by atoms with Gasteiger partial charge in [0.1, 0.15) is 5.82 Å². The highest BCUT2D eigenvalue weighted by Crippen LogP contribution is 2.19. The molecule has 0 saturated carbocycles. The number of carbonyl (C=O) groups excluding carboxylic acids is 1. The zero-order valence-electron chi connectivity index (χ0n) is 10.6. The van der Waals surface area contributed by atoms with Crippen molar-refractivity contribution in [3.63, 3.8) is 0 Å². The monoisotopic (exact) mass is 231 g/mol. The summed E-state index contributed by atoms with van der Waals surface area (Å²) in [5.74, 6) is 0.860. The van der Waals surface area contributed by atoms with Crippen LogP contribution in [0, 0.1) is 6.92 Å². The van der Waals surface area contributed by atoms with Gasteiger partial charge in [-0.1, -0.05) is 0 Å². The quantitative estimate of drug-likeness (QED) is 0.802. The molecular formula is C13H17N3O. The van der Waals surface area contributed by atoms with Gasteiger partial charge in [0.05, 0.1) is 16.6 Å². The maximum absolute atomic E-state index is 12.0. The minimum atomic E-state index is -0.850. The van der Waals surface area contributed by atoms with Crippen LogP contribution in [0.5, 0.6) is 0 Å². The second kappa shape index (κ2) is 3.67. The average Bonchev–Trinajstić information content (AvgIpc) is 2.52. The van der Waals surface area contributed by atoms with Crippen LogP contribution in [0.15, 0.2) is 18.2 Å². The van der Waals surface area contributed by atoms with Gasteiger partial charge in [-0.25, -0.2) is 4.98 Å². The summed E-state index contributed by atoms with van der Waals surface area (Å²) in [5.41, 5.74) is 7.43. The predicted molar refractivity (Wildman–Crippen MR) is 68.0 cm³/mol. The standard InChI is InChI=1S/C13H17N3O/c1-8-15-10-7-9(12(17)13(2,3)14)5-6-11(10)16(8)4/h5-7H,14H2,1-4H3. The van der Waals surface area contributed by atoms with Crippen molar-refractivity contribution >= 4 is 16.8 Å². The molecule has 1 aromatic carbocycles. The fourth-order valence-corrected chi connectivity index (χ4v) is 1.83. The Bertz CT molecular complexity index is 590. The van der Waals surface area contributed by atoms with E-state index in [-0.39, 0.29) is 5.78 Å². The van der Waals surface area contributed by atoms with Gasteiger partial charge < -0.3 is 10.3 Å². The molecule has 0 unspecified atom stereocenters. The van der Waals surface area contributed by atoms with Gasteiger partial charge >= 0.3 is 0 Å². The third-order valence-corrected chi connectivity index (χ3v) is 2.95. The van der Waals surface area contributed by atoms with Crippen molar-refractivity contribution in [2.75, 3.05) is 0 Å². The molecule has 2 aromatic rings. The Balaban J connectivity index is 2.56. The van der Waals surface area contributed by atoms with E-state index in [0.717, 1.165) is 16.9 Å². The van der Waals surface area contributed by atoms with Crippen molar-refractivity contribution in [3.05, 3.63) is 29.6 Å². The van der Waals surface area contributed by atoms with Crippen molar-refractivity contribution < 1.29 is 4.79 Å². The zero-order valence-corrected chi connectivity index (χ0v) is 10.6. The van der Waals surface area contributed by atoms with E-state index >= 15 is 0 Å². The summed E-state index contributed by atoms with van der Waals surface area (Å²) in [7, 11) is 1.96. The van der Waals surface area contributed by atoms with Gasteiger partial charge in [-0.15, -0.1) is 0 Å². The van der Waals surface area contributed by atoms with E-state index in [1.165, 1.54) is 0 Å². The van der Waals surface area contributed by atoms with Gasteiger partial charge in [0.2, 0.25) is 0 Å². The first kappa shape index (κ1) is 11.8. The van der Waals surface area contributed by atoms with E-state index in [1.54, 1.807) is 26.0 Å². The molecule has 0 saturated heterocycles. The summed E-state index contributed by atoms with van der Waals surface area (Å²) < 4.78 is 2.00. The molecule has 0 radical (unpaired) electrons. The number of carbonyl (C=O) groups is 1. The largest absolute Gasteiger partial charge is 0.331 e. The lowest BCUT2D eigenvalue weighted by Crippen LogP contribution is -2.41. The zero-order chi connectivity index (χ0) is 12.8. The highest BCUT2D eigenvalue weighted by atomic mass is 16.1. The predicted octanol–water partition coefficient (Wildman–Crippen LogP) is 1.80. The maximum Gasteiger partial charge on any atom is 0.182 e. The Morgan fingerprint density at radius 2 is 2.06 bits per heavy atom. The van der Waals surface area contributed by atoms with Crippen LogP contribution >= 0.6 is 0 Å². The van der Waals surface area contributed by atoms with Gasteiger partial charge in [0.25, 0.3) is 0 Å². The number of aryl methyl sites for hydroxylation is 2. The third kappa shape index (κ3) is 1.96. The van der Waals surface area contributed by atoms with Crippen LogP contribution in [0.4, 0.5) is 0 Å². The second-order valence-electron chi connectivity index (χ2n) is 4.97. The van der Waals surface area contributed by atoms with Gasteiger partial charge in [-0.05, 0) is 39.0 Å². The summed E-state index contributed by atoms with van der Waals surface area (Å²) >= 11 is 0. The first-order valence-corrected chi connectivity index (χ1v) is 5.57. The third-order valence-electron chi connectivity index (χ3n) is 2.95. The minimum Gasteiger partial charge on any atom is -0.331 e. The molecule has 90 valence electrons. The van der Waals surface area contributed by atoms with E-state index in [9.17, 15) is 4.79 Å². The Morgan fingerprint density at radius 1 is 1.41 bits per heavy atom. The highest BCUT2D eigenvalue weighted by Gasteiger charge is 2.23. The molecule has 0 aliphatic rings. The lowest BCUT2D eigenvalue weighted by Gasteiger charge is -2.16. The lowest BCUT2D eigenvalue weighted by molar-refractivity contribution is 0.0913. The van der Waals surface area contributed by atoms with Crippen molar-refractivity contribution in [1.82, 2.24) is 9.55 Å². The Hall–Kier alpha value is -1.68. The minimum absolute atomic E-state index is 0.0669. The van der Waals surface area contributed by atoms with Gasteiger partial charge in [-0.2, -0.15) is 0 Å². The normalized spacial score (nSPS) is 12.1. The van der Waals surface area contributed by atoms with Crippen molar-refractivity contribution in [2.45, 2.75) is 26.3 Å². The maximum atomic E-state index is 12.0. The van der Waals surface area contributed by atoms with Crippen molar-refractivity contribution in [2.24, 2.45) is 12.8 Å². The SMILES string of the molecule is Cc1nc2cc(C(=O)C(C)(C)N)ccc2n1C. The Labute approximate surface area is 100 Å². The molecule has 2 N–H and O–H groups in total. The van der Waals surface area contributed by atoms with E-state index in [1.807, 2.05) is 24.6 Å². The number of benzene rings is 1. The molecule has 0 fully saturated rings. The number of ketones is 1.